The van der Waals surface area contributed by atoms with Gasteiger partial charge in [-0.3, -0.25) is 4.79 Å². The number of carbonyl (C=O) groups excluding carboxylic acids is 1. The number of fused-ring (bicyclic) bond motifs is 1. The Bertz CT molecular complexity index is 1280. The standard InChI is InChI=1S/C23H19F3N2O4/c1-11-10-16(29)14-8-5-9-15(20(14)31-11)18-17(22(30)32-13-6-4-7-13)12(2)28-21(19(18)27-3)23(24,25)26/h5,8-10,13,18,28H,4,6-7H2,1-2H3/t18-/m0/s1. The number of para-hydroxylation sites is 1. The maximum Gasteiger partial charge on any atom is 0.421 e. The maximum absolute atomic E-state index is 13.8. The smallest absolute Gasteiger partial charge is 0.421 e. The molecule has 1 aliphatic carbocycles. The first-order valence-corrected chi connectivity index (χ1v) is 10.0. The SMILES string of the molecule is [C-]#[N+]C1=C(C(F)(F)F)NC(C)=C(C(=O)OC2CCC2)[C@@H]1c1cccc2c(=O)cc(C)oc12. The van der Waals surface area contributed by atoms with E-state index in [2.05, 4.69) is 10.2 Å². The predicted octanol–water partition coefficient (Wildman–Crippen LogP) is 4.85. The van der Waals surface area contributed by atoms with Crippen LogP contribution >= 0.6 is 0 Å². The number of aryl methyl sites for hydroxylation is 1. The molecule has 0 saturated heterocycles. The fraction of sp³-hybridized carbons (Fsp3) is 0.348. The Labute approximate surface area is 181 Å². The summed E-state index contributed by atoms with van der Waals surface area (Å²) in [6.45, 7) is 10.4. The molecule has 0 bridgehead atoms. The van der Waals surface area contributed by atoms with Crippen molar-refractivity contribution in [2.45, 2.75) is 51.3 Å². The Morgan fingerprint density at radius 3 is 2.59 bits per heavy atom. The summed E-state index contributed by atoms with van der Waals surface area (Å²) in [5, 5.41) is 2.34. The molecular formula is C23H19F3N2O4. The third-order valence-corrected chi connectivity index (χ3v) is 5.70. The first-order valence-electron chi connectivity index (χ1n) is 10.0. The molecular weight excluding hydrogens is 425 g/mol. The highest BCUT2D eigenvalue weighted by atomic mass is 19.4. The van der Waals surface area contributed by atoms with Gasteiger partial charge in [-0.1, -0.05) is 12.1 Å². The van der Waals surface area contributed by atoms with E-state index in [4.69, 9.17) is 15.7 Å². The van der Waals surface area contributed by atoms with Crippen LogP contribution in [0, 0.1) is 13.5 Å². The van der Waals surface area contributed by atoms with E-state index >= 15 is 0 Å². The Hall–Kier alpha value is -3.54. The van der Waals surface area contributed by atoms with Crippen LogP contribution in [0.15, 0.2) is 56.1 Å². The number of allylic oxidation sites excluding steroid dienone is 3. The lowest BCUT2D eigenvalue weighted by atomic mass is 9.83. The number of hydrogen-bond donors (Lipinski definition) is 1. The summed E-state index contributed by atoms with van der Waals surface area (Å²) in [4.78, 5) is 28.7. The van der Waals surface area contributed by atoms with Crippen LogP contribution < -0.4 is 10.7 Å². The summed E-state index contributed by atoms with van der Waals surface area (Å²) in [5.74, 6) is -1.95. The Morgan fingerprint density at radius 2 is 2.00 bits per heavy atom. The van der Waals surface area contributed by atoms with Gasteiger partial charge in [0.2, 0.25) is 5.70 Å². The number of ether oxygens (including phenoxy) is 1. The Kier molecular flexibility index (Phi) is 5.33. The summed E-state index contributed by atoms with van der Waals surface area (Å²) < 4.78 is 52.6. The van der Waals surface area contributed by atoms with Crippen molar-refractivity contribution in [3.63, 3.8) is 0 Å². The van der Waals surface area contributed by atoms with Crippen molar-refractivity contribution in [3.8, 4) is 0 Å². The number of carbonyl (C=O) groups is 1. The summed E-state index contributed by atoms with van der Waals surface area (Å²) in [5.41, 5.74) is -2.34. The Balaban J connectivity index is 1.99. The van der Waals surface area contributed by atoms with Gasteiger partial charge in [0.1, 0.15) is 23.1 Å². The number of esters is 1. The number of hydrogen-bond acceptors (Lipinski definition) is 5. The van der Waals surface area contributed by atoms with Gasteiger partial charge in [0.25, 0.3) is 0 Å². The van der Waals surface area contributed by atoms with Crippen molar-refractivity contribution < 1.29 is 27.1 Å². The molecule has 1 aromatic heterocycles. The normalized spacial score (nSPS) is 19.4. The second kappa shape index (κ2) is 7.86. The highest BCUT2D eigenvalue weighted by molar-refractivity contribution is 5.94. The molecule has 32 heavy (non-hydrogen) atoms. The molecule has 1 fully saturated rings. The molecule has 1 aliphatic heterocycles. The van der Waals surface area contributed by atoms with E-state index in [1.807, 2.05) is 0 Å². The topological polar surface area (TPSA) is 72.9 Å². The molecule has 0 spiro atoms. The zero-order valence-corrected chi connectivity index (χ0v) is 17.3. The molecule has 1 saturated carbocycles. The van der Waals surface area contributed by atoms with E-state index in [0.717, 1.165) is 6.42 Å². The largest absolute Gasteiger partial charge is 0.461 e. The molecule has 9 heteroatoms. The van der Waals surface area contributed by atoms with Gasteiger partial charge < -0.3 is 14.5 Å². The Morgan fingerprint density at radius 1 is 1.28 bits per heavy atom. The van der Waals surface area contributed by atoms with Crippen molar-refractivity contribution in [3.05, 3.63) is 79.9 Å². The molecule has 1 N–H and O–H groups in total. The van der Waals surface area contributed by atoms with E-state index in [-0.39, 0.29) is 45.1 Å². The highest BCUT2D eigenvalue weighted by Crippen LogP contribution is 2.45. The molecule has 4 rings (SSSR count). The van der Waals surface area contributed by atoms with Crippen LogP contribution in [0.5, 0.6) is 0 Å². The van der Waals surface area contributed by atoms with Crippen LogP contribution in [0.25, 0.3) is 15.8 Å². The van der Waals surface area contributed by atoms with Crippen LogP contribution in [0.1, 0.15) is 43.4 Å². The lowest BCUT2D eigenvalue weighted by Gasteiger charge is -2.32. The molecule has 166 valence electrons. The van der Waals surface area contributed by atoms with Gasteiger partial charge in [0.15, 0.2) is 5.43 Å². The zero-order valence-electron chi connectivity index (χ0n) is 17.3. The second-order valence-electron chi connectivity index (χ2n) is 7.87. The third-order valence-electron chi connectivity index (χ3n) is 5.70. The van der Waals surface area contributed by atoms with E-state index in [1.165, 1.54) is 31.2 Å². The molecule has 2 aromatic rings. The fourth-order valence-electron chi connectivity index (χ4n) is 3.97. The molecule has 1 atom stereocenters. The summed E-state index contributed by atoms with van der Waals surface area (Å²) in [6, 6.07) is 5.71. The van der Waals surface area contributed by atoms with Gasteiger partial charge in [-0.15, -0.1) is 0 Å². The van der Waals surface area contributed by atoms with Crippen LogP contribution in [0.4, 0.5) is 13.2 Å². The molecule has 1 aromatic carbocycles. The van der Waals surface area contributed by atoms with E-state index in [0.29, 0.717) is 12.8 Å². The molecule has 2 heterocycles. The van der Waals surface area contributed by atoms with E-state index in [9.17, 15) is 22.8 Å². The monoisotopic (exact) mass is 444 g/mol. The van der Waals surface area contributed by atoms with Crippen molar-refractivity contribution in [2.75, 3.05) is 0 Å². The average molecular weight is 444 g/mol. The number of nitrogens with zero attached hydrogens (tertiary/aromatic N) is 1. The van der Waals surface area contributed by atoms with Gasteiger partial charge in [-0.2, -0.15) is 13.2 Å². The molecule has 6 nitrogen and oxygen atoms in total. The van der Waals surface area contributed by atoms with Crippen LogP contribution in [-0.2, 0) is 9.53 Å². The predicted molar refractivity (Wildman–Crippen MR) is 109 cm³/mol. The minimum Gasteiger partial charge on any atom is -0.461 e. The van der Waals surface area contributed by atoms with Gasteiger partial charge in [0.05, 0.1) is 23.4 Å². The van der Waals surface area contributed by atoms with Crippen molar-refractivity contribution in [1.82, 2.24) is 5.32 Å². The minimum absolute atomic E-state index is 0.0359. The third kappa shape index (κ3) is 3.66. The lowest BCUT2D eigenvalue weighted by molar-refractivity contribution is -0.148. The fourth-order valence-corrected chi connectivity index (χ4v) is 3.97. The summed E-state index contributed by atoms with van der Waals surface area (Å²) in [7, 11) is 0. The van der Waals surface area contributed by atoms with Gasteiger partial charge in [-0.25, -0.2) is 9.64 Å². The van der Waals surface area contributed by atoms with Gasteiger partial charge in [0, 0.05) is 11.8 Å². The highest BCUT2D eigenvalue weighted by Gasteiger charge is 2.46. The summed E-state index contributed by atoms with van der Waals surface area (Å²) in [6.07, 6.45) is -2.91. The first-order chi connectivity index (χ1) is 15.1. The maximum atomic E-state index is 13.8. The zero-order chi connectivity index (χ0) is 23.2. The number of dihydropyridines is 1. The quantitative estimate of drug-likeness (QED) is 0.541. The van der Waals surface area contributed by atoms with Crippen LogP contribution in [0.2, 0.25) is 0 Å². The minimum atomic E-state index is -4.86. The van der Waals surface area contributed by atoms with Crippen molar-refractivity contribution in [2.24, 2.45) is 0 Å². The summed E-state index contributed by atoms with van der Waals surface area (Å²) >= 11 is 0. The molecule has 0 radical (unpaired) electrons. The van der Waals surface area contributed by atoms with E-state index < -0.39 is 29.5 Å². The van der Waals surface area contributed by atoms with Crippen LogP contribution in [-0.4, -0.2) is 18.2 Å². The number of halogens is 3. The van der Waals surface area contributed by atoms with Gasteiger partial charge in [-0.05, 0) is 44.7 Å². The van der Waals surface area contributed by atoms with Crippen molar-refractivity contribution in [1.29, 1.82) is 0 Å². The number of benzene rings is 1. The van der Waals surface area contributed by atoms with Crippen LogP contribution in [0.3, 0.4) is 0 Å². The number of alkyl halides is 3. The second-order valence-corrected chi connectivity index (χ2v) is 7.87. The molecule has 2 aliphatic rings. The van der Waals surface area contributed by atoms with Crippen molar-refractivity contribution >= 4 is 16.9 Å². The molecule has 0 unspecified atom stereocenters. The average Bonchev–Trinajstić information content (AvgIpc) is 2.68. The number of rotatable bonds is 3. The van der Waals surface area contributed by atoms with Gasteiger partial charge >= 0.3 is 12.1 Å². The lowest BCUT2D eigenvalue weighted by Crippen LogP contribution is -2.36. The van der Waals surface area contributed by atoms with E-state index in [1.54, 1.807) is 6.92 Å². The first kappa shape index (κ1) is 21.7. The molecule has 0 amide bonds. The number of nitrogens with one attached hydrogen (secondary N) is 1.